The first-order chi connectivity index (χ1) is 12.1. The minimum Gasteiger partial charge on any atom is -0.198 e. The summed E-state index contributed by atoms with van der Waals surface area (Å²) in [5, 5.41) is 9.34. The molecule has 0 saturated heterocycles. The van der Waals surface area contributed by atoms with E-state index in [1.807, 2.05) is 0 Å². The van der Waals surface area contributed by atoms with Crippen LogP contribution in [0.1, 0.15) is 110 Å². The van der Waals surface area contributed by atoms with Crippen LogP contribution in [0.2, 0.25) is 0 Å². The monoisotopic (exact) mass is 343 g/mol. The van der Waals surface area contributed by atoms with Crippen molar-refractivity contribution in [3.63, 3.8) is 0 Å². The van der Waals surface area contributed by atoms with Crippen LogP contribution in [-0.4, -0.2) is 0 Å². The summed E-state index contributed by atoms with van der Waals surface area (Å²) in [5.41, 5.74) is -0.00981. The summed E-state index contributed by atoms with van der Waals surface area (Å²) in [6.45, 7) is 4.51. The summed E-state index contributed by atoms with van der Waals surface area (Å²) in [7, 11) is 0. The highest BCUT2D eigenvalue weighted by molar-refractivity contribution is 4.99. The second-order valence-corrected chi connectivity index (χ2v) is 10.1. The van der Waals surface area contributed by atoms with Gasteiger partial charge in [0.15, 0.2) is 0 Å². The predicted molar refractivity (Wildman–Crippen MR) is 106 cm³/mol. The molecule has 1 heteroatoms. The summed E-state index contributed by atoms with van der Waals surface area (Å²) in [6.07, 6.45) is 21.4. The summed E-state index contributed by atoms with van der Waals surface area (Å²) < 4.78 is 0. The highest BCUT2D eigenvalue weighted by atomic mass is 14.4. The predicted octanol–water partition coefficient (Wildman–Crippen LogP) is 7.51. The van der Waals surface area contributed by atoms with Crippen LogP contribution in [0.3, 0.4) is 0 Å². The van der Waals surface area contributed by atoms with Gasteiger partial charge in [0, 0.05) is 0 Å². The van der Waals surface area contributed by atoms with Gasteiger partial charge < -0.3 is 0 Å². The van der Waals surface area contributed by atoms with E-state index in [0.717, 1.165) is 42.4 Å². The van der Waals surface area contributed by atoms with Crippen LogP contribution in [0.5, 0.6) is 0 Å². The van der Waals surface area contributed by atoms with E-state index in [0.29, 0.717) is 0 Å². The van der Waals surface area contributed by atoms with Gasteiger partial charge in [-0.15, -0.1) is 0 Å². The quantitative estimate of drug-likeness (QED) is 0.506. The zero-order valence-corrected chi connectivity index (χ0v) is 16.9. The van der Waals surface area contributed by atoms with Crippen LogP contribution in [0.25, 0.3) is 0 Å². The smallest absolute Gasteiger partial charge is 0.0686 e. The Hall–Kier alpha value is -0.510. The fraction of sp³-hybridized carbons (Fsp3) is 0.958. The lowest BCUT2D eigenvalue weighted by molar-refractivity contribution is 0.0962. The van der Waals surface area contributed by atoms with Crippen LogP contribution in [0.4, 0.5) is 0 Å². The van der Waals surface area contributed by atoms with Gasteiger partial charge in [0.05, 0.1) is 11.5 Å². The first-order valence-corrected chi connectivity index (χ1v) is 11.5. The standard InChI is InChI=1S/C24H41N/c1-3-4-5-19-6-8-20(9-7-19)21-10-12-22(13-11-21)23-14-16-24(2,18-25)17-15-23/h19-23H,3-17H2,1-2H3/t19-,20-,21?,22?,23-,24-. The van der Waals surface area contributed by atoms with Crippen molar-refractivity contribution in [1.82, 2.24) is 0 Å². The minimum absolute atomic E-state index is 0.00981. The Bertz CT molecular complexity index is 424. The van der Waals surface area contributed by atoms with Crippen LogP contribution in [0.15, 0.2) is 0 Å². The molecule has 0 aromatic rings. The van der Waals surface area contributed by atoms with Crippen molar-refractivity contribution < 1.29 is 0 Å². The first kappa shape index (κ1) is 19.3. The van der Waals surface area contributed by atoms with Crippen molar-refractivity contribution in [1.29, 1.82) is 5.26 Å². The normalized spacial score (nSPS) is 42.7. The van der Waals surface area contributed by atoms with E-state index in [1.165, 1.54) is 83.5 Å². The molecule has 0 aliphatic heterocycles. The molecule has 3 aliphatic rings. The van der Waals surface area contributed by atoms with Gasteiger partial charge >= 0.3 is 0 Å². The molecule has 3 fully saturated rings. The molecule has 25 heavy (non-hydrogen) atoms. The number of rotatable bonds is 5. The second-order valence-electron chi connectivity index (χ2n) is 10.1. The third-order valence-corrected chi connectivity index (χ3v) is 8.41. The third-order valence-electron chi connectivity index (χ3n) is 8.41. The molecule has 3 aliphatic carbocycles. The Morgan fingerprint density at radius 3 is 1.64 bits per heavy atom. The van der Waals surface area contributed by atoms with Crippen molar-refractivity contribution in [2.45, 2.75) is 110 Å². The molecule has 1 nitrogen and oxygen atoms in total. The van der Waals surface area contributed by atoms with Crippen LogP contribution >= 0.6 is 0 Å². The Morgan fingerprint density at radius 2 is 1.20 bits per heavy atom. The maximum atomic E-state index is 9.34. The Labute approximate surface area is 157 Å². The van der Waals surface area contributed by atoms with Crippen molar-refractivity contribution in [2.75, 3.05) is 0 Å². The molecule has 142 valence electrons. The van der Waals surface area contributed by atoms with Crippen LogP contribution in [-0.2, 0) is 0 Å². The molecule has 0 radical (unpaired) electrons. The Morgan fingerprint density at radius 1 is 0.760 bits per heavy atom. The molecule has 0 atom stereocenters. The molecule has 0 aromatic carbocycles. The number of hydrogen-bond acceptors (Lipinski definition) is 1. The maximum absolute atomic E-state index is 9.34. The van der Waals surface area contributed by atoms with E-state index in [2.05, 4.69) is 19.9 Å². The average Bonchev–Trinajstić information content (AvgIpc) is 2.68. The Kier molecular flexibility index (Phi) is 6.87. The number of hydrogen-bond donors (Lipinski definition) is 0. The van der Waals surface area contributed by atoms with E-state index >= 15 is 0 Å². The van der Waals surface area contributed by atoms with Gasteiger partial charge in [-0.2, -0.15) is 5.26 Å². The van der Waals surface area contributed by atoms with Gasteiger partial charge in [0.1, 0.15) is 0 Å². The van der Waals surface area contributed by atoms with Gasteiger partial charge in [-0.25, -0.2) is 0 Å². The lowest BCUT2D eigenvalue weighted by Crippen LogP contribution is -2.31. The largest absolute Gasteiger partial charge is 0.198 e. The molecule has 0 amide bonds. The van der Waals surface area contributed by atoms with Crippen molar-refractivity contribution >= 4 is 0 Å². The first-order valence-electron chi connectivity index (χ1n) is 11.5. The SMILES string of the molecule is CCCC[C@H]1CC[C@H](C2CCC([C@H]3CC[C@](C)(C#N)CC3)CC2)CC1. The topological polar surface area (TPSA) is 23.8 Å². The van der Waals surface area contributed by atoms with Crippen molar-refractivity contribution in [3.05, 3.63) is 0 Å². The molecule has 0 unspecified atom stereocenters. The lowest BCUT2D eigenvalue weighted by Gasteiger charge is -2.42. The van der Waals surface area contributed by atoms with Gasteiger partial charge in [0.25, 0.3) is 0 Å². The van der Waals surface area contributed by atoms with Crippen LogP contribution in [0, 0.1) is 46.3 Å². The lowest BCUT2D eigenvalue weighted by atomic mass is 9.63. The van der Waals surface area contributed by atoms with Crippen molar-refractivity contribution in [2.24, 2.45) is 35.0 Å². The number of unbranched alkanes of at least 4 members (excludes halogenated alkanes) is 1. The minimum atomic E-state index is -0.00981. The zero-order chi connectivity index (χ0) is 17.7. The molecular formula is C24H41N. The van der Waals surface area contributed by atoms with E-state index in [9.17, 15) is 5.26 Å². The molecule has 0 spiro atoms. The van der Waals surface area contributed by atoms with Gasteiger partial charge in [-0.3, -0.25) is 0 Å². The fourth-order valence-corrected chi connectivity index (χ4v) is 6.39. The Balaban J connectivity index is 1.38. The molecule has 0 aromatic heterocycles. The highest BCUT2D eigenvalue weighted by Crippen LogP contribution is 2.48. The number of nitrogens with zero attached hydrogens (tertiary/aromatic N) is 1. The summed E-state index contributed by atoms with van der Waals surface area (Å²) in [4.78, 5) is 0. The summed E-state index contributed by atoms with van der Waals surface area (Å²) >= 11 is 0. The van der Waals surface area contributed by atoms with E-state index < -0.39 is 0 Å². The van der Waals surface area contributed by atoms with Crippen LogP contribution < -0.4 is 0 Å². The third kappa shape index (κ3) is 5.02. The zero-order valence-electron chi connectivity index (χ0n) is 16.9. The number of nitriles is 1. The molecule has 0 heterocycles. The second kappa shape index (κ2) is 8.92. The van der Waals surface area contributed by atoms with E-state index in [-0.39, 0.29) is 5.41 Å². The van der Waals surface area contributed by atoms with Gasteiger partial charge in [-0.1, -0.05) is 39.0 Å². The fourth-order valence-electron chi connectivity index (χ4n) is 6.39. The van der Waals surface area contributed by atoms with Gasteiger partial charge in [-0.05, 0) is 101 Å². The molecule has 3 saturated carbocycles. The highest BCUT2D eigenvalue weighted by Gasteiger charge is 2.37. The van der Waals surface area contributed by atoms with Gasteiger partial charge in [0.2, 0.25) is 0 Å². The maximum Gasteiger partial charge on any atom is 0.0686 e. The van der Waals surface area contributed by atoms with E-state index in [4.69, 9.17) is 0 Å². The summed E-state index contributed by atoms with van der Waals surface area (Å²) in [5.74, 6) is 5.10. The van der Waals surface area contributed by atoms with Crippen molar-refractivity contribution in [3.8, 4) is 6.07 Å². The average molecular weight is 344 g/mol. The van der Waals surface area contributed by atoms with E-state index in [1.54, 1.807) is 0 Å². The molecule has 0 bridgehead atoms. The summed E-state index contributed by atoms with van der Waals surface area (Å²) in [6, 6.07) is 2.57. The molecule has 3 rings (SSSR count). The molecule has 0 N–H and O–H groups in total. The molecular weight excluding hydrogens is 302 g/mol.